The van der Waals surface area contributed by atoms with Crippen LogP contribution >= 0.6 is 11.3 Å². The zero-order valence-corrected chi connectivity index (χ0v) is 15.0. The zero-order valence-electron chi connectivity index (χ0n) is 14.2. The molecule has 4 rings (SSSR count). The van der Waals surface area contributed by atoms with E-state index in [9.17, 15) is 14.9 Å². The van der Waals surface area contributed by atoms with Gasteiger partial charge in [-0.15, -0.1) is 11.3 Å². The standard InChI is InChI=1S/C18H12N6O3S/c25-17(22-18-21-14(10-28-18)13-2-1-5-19-9-13)12-3-4-15(16(8-12)24(26)27)23-7-6-20-11-23/h1-11H,(H,21,22,25). The summed E-state index contributed by atoms with van der Waals surface area (Å²) in [6.07, 6.45) is 7.92. The number of aromatic nitrogens is 4. The number of hydrogen-bond donors (Lipinski definition) is 1. The summed E-state index contributed by atoms with van der Waals surface area (Å²) in [6.45, 7) is 0. The van der Waals surface area contributed by atoms with Crippen molar-refractivity contribution in [3.8, 4) is 16.9 Å². The topological polar surface area (TPSA) is 116 Å². The summed E-state index contributed by atoms with van der Waals surface area (Å²) in [5.41, 5.74) is 1.82. The van der Waals surface area contributed by atoms with Crippen LogP contribution in [0.1, 0.15) is 10.4 Å². The fraction of sp³-hybridized carbons (Fsp3) is 0. The maximum Gasteiger partial charge on any atom is 0.294 e. The second kappa shape index (κ2) is 7.37. The average molecular weight is 392 g/mol. The number of anilines is 1. The van der Waals surface area contributed by atoms with E-state index in [1.807, 2.05) is 6.07 Å². The van der Waals surface area contributed by atoms with Crippen LogP contribution in [0.5, 0.6) is 0 Å². The van der Waals surface area contributed by atoms with Crippen LogP contribution in [0.15, 0.2) is 66.8 Å². The molecule has 10 heteroatoms. The van der Waals surface area contributed by atoms with Gasteiger partial charge >= 0.3 is 0 Å². The summed E-state index contributed by atoms with van der Waals surface area (Å²) in [7, 11) is 0. The molecule has 0 saturated heterocycles. The van der Waals surface area contributed by atoms with Crippen molar-refractivity contribution in [2.75, 3.05) is 5.32 Å². The highest BCUT2D eigenvalue weighted by atomic mass is 32.1. The van der Waals surface area contributed by atoms with Gasteiger partial charge in [0.25, 0.3) is 11.6 Å². The van der Waals surface area contributed by atoms with Gasteiger partial charge in [-0.1, -0.05) is 0 Å². The monoisotopic (exact) mass is 392 g/mol. The molecule has 0 spiro atoms. The normalized spacial score (nSPS) is 10.6. The molecular formula is C18H12N6O3S. The zero-order chi connectivity index (χ0) is 19.5. The Morgan fingerprint density at radius 2 is 2.11 bits per heavy atom. The van der Waals surface area contributed by atoms with Crippen molar-refractivity contribution in [1.82, 2.24) is 19.5 Å². The molecule has 0 aliphatic rings. The molecule has 0 aliphatic heterocycles. The molecule has 0 aliphatic carbocycles. The molecule has 28 heavy (non-hydrogen) atoms. The van der Waals surface area contributed by atoms with Gasteiger partial charge in [-0.2, -0.15) is 0 Å². The van der Waals surface area contributed by atoms with Crippen LogP contribution in [-0.4, -0.2) is 30.3 Å². The fourth-order valence-corrected chi connectivity index (χ4v) is 3.29. The van der Waals surface area contributed by atoms with Gasteiger partial charge in [0.1, 0.15) is 5.69 Å². The summed E-state index contributed by atoms with van der Waals surface area (Å²) in [5.74, 6) is -0.479. The number of hydrogen-bond acceptors (Lipinski definition) is 7. The minimum absolute atomic E-state index is 0.161. The van der Waals surface area contributed by atoms with Crippen molar-refractivity contribution in [2.45, 2.75) is 0 Å². The number of nitro groups is 1. The third kappa shape index (κ3) is 3.48. The second-order valence-corrected chi connectivity index (χ2v) is 6.52. The predicted octanol–water partition coefficient (Wildman–Crippen LogP) is 3.55. The molecule has 0 unspecified atom stereocenters. The number of carbonyl (C=O) groups excluding carboxylic acids is 1. The molecule has 0 bridgehead atoms. The number of carbonyl (C=O) groups is 1. The Morgan fingerprint density at radius 1 is 1.21 bits per heavy atom. The first-order valence-electron chi connectivity index (χ1n) is 8.06. The van der Waals surface area contributed by atoms with Gasteiger partial charge in [0.05, 0.1) is 16.9 Å². The van der Waals surface area contributed by atoms with Gasteiger partial charge in [0, 0.05) is 47.4 Å². The minimum atomic E-state index is -0.532. The first-order valence-corrected chi connectivity index (χ1v) is 8.94. The number of nitrogens with zero attached hydrogens (tertiary/aromatic N) is 5. The molecule has 9 nitrogen and oxygen atoms in total. The molecule has 3 heterocycles. The SMILES string of the molecule is O=C(Nc1nc(-c2cccnc2)cs1)c1ccc(-n2ccnc2)c([N+](=O)[O-])c1. The Hall–Kier alpha value is -3.92. The molecule has 3 aromatic heterocycles. The lowest BCUT2D eigenvalue weighted by molar-refractivity contribution is -0.384. The Bertz CT molecular complexity index is 1140. The Labute approximate surface area is 162 Å². The molecule has 4 aromatic rings. The maximum absolute atomic E-state index is 12.5. The number of pyridine rings is 1. The Morgan fingerprint density at radius 3 is 2.82 bits per heavy atom. The van der Waals surface area contributed by atoms with E-state index in [1.54, 1.807) is 30.0 Å². The van der Waals surface area contributed by atoms with E-state index in [0.29, 0.717) is 16.5 Å². The summed E-state index contributed by atoms with van der Waals surface area (Å²) in [4.78, 5) is 35.7. The number of amides is 1. The molecule has 0 radical (unpaired) electrons. The molecule has 0 fully saturated rings. The lowest BCUT2D eigenvalue weighted by atomic mass is 10.1. The highest BCUT2D eigenvalue weighted by Crippen LogP contribution is 2.27. The summed E-state index contributed by atoms with van der Waals surface area (Å²) in [6, 6.07) is 7.94. The maximum atomic E-state index is 12.5. The molecule has 0 saturated carbocycles. The van der Waals surface area contributed by atoms with Crippen LogP contribution in [0.2, 0.25) is 0 Å². The highest BCUT2D eigenvalue weighted by Gasteiger charge is 2.19. The largest absolute Gasteiger partial charge is 0.300 e. The van der Waals surface area contributed by atoms with Gasteiger partial charge in [-0.25, -0.2) is 9.97 Å². The van der Waals surface area contributed by atoms with Crippen LogP contribution in [0, 0.1) is 10.1 Å². The number of benzene rings is 1. The van der Waals surface area contributed by atoms with E-state index in [1.165, 1.54) is 46.6 Å². The predicted molar refractivity (Wildman–Crippen MR) is 104 cm³/mol. The van der Waals surface area contributed by atoms with E-state index in [0.717, 1.165) is 5.56 Å². The number of imidazole rings is 1. The van der Waals surface area contributed by atoms with Gasteiger partial charge in [-0.3, -0.25) is 25.2 Å². The van der Waals surface area contributed by atoms with Crippen molar-refractivity contribution >= 4 is 28.1 Å². The van der Waals surface area contributed by atoms with Crippen molar-refractivity contribution in [3.05, 3.63) is 82.5 Å². The smallest absolute Gasteiger partial charge is 0.294 e. The molecule has 1 amide bonds. The lowest BCUT2D eigenvalue weighted by Crippen LogP contribution is -2.12. The van der Waals surface area contributed by atoms with Crippen molar-refractivity contribution < 1.29 is 9.72 Å². The average Bonchev–Trinajstić information content (AvgIpc) is 3.40. The first-order chi connectivity index (χ1) is 13.6. The van der Waals surface area contributed by atoms with Crippen LogP contribution in [0.25, 0.3) is 16.9 Å². The van der Waals surface area contributed by atoms with E-state index in [-0.39, 0.29) is 11.3 Å². The van der Waals surface area contributed by atoms with Gasteiger partial charge < -0.3 is 4.57 Å². The van der Waals surface area contributed by atoms with Gasteiger partial charge in [0.15, 0.2) is 5.13 Å². The molecule has 138 valence electrons. The highest BCUT2D eigenvalue weighted by molar-refractivity contribution is 7.14. The first kappa shape index (κ1) is 17.5. The minimum Gasteiger partial charge on any atom is -0.300 e. The van der Waals surface area contributed by atoms with Crippen molar-refractivity contribution in [3.63, 3.8) is 0 Å². The van der Waals surface area contributed by atoms with Gasteiger partial charge in [0.2, 0.25) is 0 Å². The quantitative estimate of drug-likeness (QED) is 0.410. The number of nitrogens with one attached hydrogen (secondary N) is 1. The summed E-state index contributed by atoms with van der Waals surface area (Å²) < 4.78 is 1.51. The van der Waals surface area contributed by atoms with Crippen LogP contribution in [0.3, 0.4) is 0 Å². The molecular weight excluding hydrogens is 380 g/mol. The molecule has 0 atom stereocenters. The van der Waals surface area contributed by atoms with Crippen LogP contribution in [0.4, 0.5) is 10.8 Å². The van der Waals surface area contributed by atoms with E-state index >= 15 is 0 Å². The van der Waals surface area contributed by atoms with Crippen LogP contribution in [-0.2, 0) is 0 Å². The second-order valence-electron chi connectivity index (χ2n) is 5.66. The van der Waals surface area contributed by atoms with Crippen molar-refractivity contribution in [2.24, 2.45) is 0 Å². The third-order valence-corrected chi connectivity index (χ3v) is 4.66. The fourth-order valence-electron chi connectivity index (χ4n) is 2.58. The lowest BCUT2D eigenvalue weighted by Gasteiger charge is -2.06. The number of rotatable bonds is 5. The number of nitro benzene ring substituents is 1. The van der Waals surface area contributed by atoms with Crippen LogP contribution < -0.4 is 5.32 Å². The van der Waals surface area contributed by atoms with E-state index in [2.05, 4.69) is 20.3 Å². The van der Waals surface area contributed by atoms with E-state index in [4.69, 9.17) is 0 Å². The Balaban J connectivity index is 1.58. The Kier molecular flexibility index (Phi) is 4.60. The molecule has 1 N–H and O–H groups in total. The van der Waals surface area contributed by atoms with Crippen molar-refractivity contribution in [1.29, 1.82) is 0 Å². The van der Waals surface area contributed by atoms with E-state index < -0.39 is 10.8 Å². The molecule has 1 aromatic carbocycles. The summed E-state index contributed by atoms with van der Waals surface area (Å²) >= 11 is 1.26. The third-order valence-electron chi connectivity index (χ3n) is 3.90. The number of thiazole rings is 1. The van der Waals surface area contributed by atoms with Gasteiger partial charge in [-0.05, 0) is 24.3 Å². The summed E-state index contributed by atoms with van der Waals surface area (Å²) in [5, 5.41) is 16.3.